The van der Waals surface area contributed by atoms with E-state index in [9.17, 15) is 19.0 Å². The van der Waals surface area contributed by atoms with Crippen LogP contribution in [0.5, 0.6) is 0 Å². The van der Waals surface area contributed by atoms with Crippen LogP contribution in [-0.2, 0) is 32.7 Å². The van der Waals surface area contributed by atoms with Crippen LogP contribution in [0, 0.1) is 0 Å². The molecule has 0 spiro atoms. The number of phosphoric ester groups is 1. The quantitative estimate of drug-likeness (QED) is 0.0211. The molecule has 0 saturated carbocycles. The Balaban J connectivity index is 4.04. The van der Waals surface area contributed by atoms with Crippen molar-refractivity contribution in [3.63, 3.8) is 0 Å². The van der Waals surface area contributed by atoms with Gasteiger partial charge < -0.3 is 18.9 Å². The molecule has 10 heteroatoms. The largest absolute Gasteiger partial charge is 0.472 e. The maximum atomic E-state index is 12.9. The second-order valence-electron chi connectivity index (χ2n) is 27.3. The lowest BCUT2D eigenvalue weighted by Crippen LogP contribution is -2.37. The number of carbonyl (C=O) groups is 2. The smallest absolute Gasteiger partial charge is 0.462 e. The van der Waals surface area contributed by atoms with Crippen molar-refractivity contribution in [2.24, 2.45) is 0 Å². The number of hydrogen-bond donors (Lipinski definition) is 1. The third kappa shape index (κ3) is 80.3. The monoisotopic (exact) mass is 1380 g/mol. The van der Waals surface area contributed by atoms with Gasteiger partial charge in [-0.3, -0.25) is 18.6 Å². The lowest BCUT2D eigenvalue weighted by molar-refractivity contribution is -0.870. The Bertz CT molecular complexity index is 2270. The standard InChI is InChI=1S/C88H148NO8P/c1-6-8-10-12-14-16-18-20-22-24-26-28-30-32-34-36-38-40-42-43-44-45-47-48-50-52-54-56-58-60-62-64-66-68-70-72-74-76-78-80-87(90)94-84-86(85-96-98(92,93)95-83-82-89(3,4)5)97-88(91)81-79-77-75-73-71-69-67-65-63-61-59-57-55-53-51-49-46-41-39-37-35-33-31-29-27-25-23-21-19-17-15-13-11-9-7-2/h8-11,14-17,20-23,26-29,33,35,39,41,49,51,55,57,61,63,67,69,86H,6-7,12-13,18-19,24-25,30-32,34,36-38,40,42-48,50,52-54,56,58-60,62,64-66,68,70-85H2,1-5H3/p+1/b10-8-,11-9-,16-14-,17-15-,22-20-,23-21-,28-26-,29-27-,35-33-,41-39-,51-49-,57-55-,63-61-,69-67-. The van der Waals surface area contributed by atoms with Crippen molar-refractivity contribution in [3.8, 4) is 0 Å². The van der Waals surface area contributed by atoms with Crippen molar-refractivity contribution in [1.82, 2.24) is 0 Å². The lowest BCUT2D eigenvalue weighted by atomic mass is 10.0. The maximum absolute atomic E-state index is 12.9. The first-order chi connectivity index (χ1) is 48.0. The SMILES string of the molecule is CC/C=C\C/C=C\C/C=C\C/C=C\C/C=C\C/C=C\C/C=C\C/C=C\C/C=C\C/C=C\CCCCCCC(=O)OC(COC(=O)CCCCCCCCCCCCCCCCCCCCCCCCCCCC/C=C\C/C=C\C/C=C\C/C=C\CC)COP(=O)(O)OCC[N+](C)(C)C. The fraction of sp³-hybridized carbons (Fsp3) is 0.659. The van der Waals surface area contributed by atoms with E-state index >= 15 is 0 Å². The van der Waals surface area contributed by atoms with E-state index in [0.29, 0.717) is 17.4 Å². The predicted octanol–water partition coefficient (Wildman–Crippen LogP) is 26.8. The third-order valence-corrected chi connectivity index (χ3v) is 17.7. The molecule has 0 aromatic heterocycles. The van der Waals surface area contributed by atoms with Crippen LogP contribution < -0.4 is 0 Å². The summed E-state index contributed by atoms with van der Waals surface area (Å²) in [5.41, 5.74) is 0. The minimum atomic E-state index is -4.41. The molecule has 98 heavy (non-hydrogen) atoms. The van der Waals surface area contributed by atoms with E-state index in [1.54, 1.807) is 0 Å². The molecule has 0 aliphatic heterocycles. The lowest BCUT2D eigenvalue weighted by Gasteiger charge is -2.24. The summed E-state index contributed by atoms with van der Waals surface area (Å²) in [7, 11) is 1.45. The van der Waals surface area contributed by atoms with Gasteiger partial charge >= 0.3 is 19.8 Å². The van der Waals surface area contributed by atoms with Gasteiger partial charge in [0.15, 0.2) is 6.10 Å². The van der Waals surface area contributed by atoms with Crippen molar-refractivity contribution in [2.45, 2.75) is 328 Å². The molecule has 0 aromatic carbocycles. The summed E-state index contributed by atoms with van der Waals surface area (Å²) in [4.78, 5) is 36.0. The summed E-state index contributed by atoms with van der Waals surface area (Å²) in [5.74, 6) is -0.826. The van der Waals surface area contributed by atoms with Gasteiger partial charge in [0, 0.05) is 12.8 Å². The molecule has 0 heterocycles. The van der Waals surface area contributed by atoms with Gasteiger partial charge in [0.25, 0.3) is 0 Å². The average molecular weight is 1380 g/mol. The number of esters is 2. The number of hydrogen-bond acceptors (Lipinski definition) is 7. The van der Waals surface area contributed by atoms with E-state index in [1.807, 2.05) is 21.1 Å². The second-order valence-corrected chi connectivity index (χ2v) is 28.8. The highest BCUT2D eigenvalue weighted by atomic mass is 31.2. The number of ether oxygens (including phenoxy) is 2. The van der Waals surface area contributed by atoms with Gasteiger partial charge in [0.05, 0.1) is 27.7 Å². The number of carbonyl (C=O) groups excluding carboxylic acids is 2. The number of unbranched alkanes of at least 4 members (excludes halogenated alkanes) is 30. The maximum Gasteiger partial charge on any atom is 0.472 e. The highest BCUT2D eigenvalue weighted by Crippen LogP contribution is 2.43. The Morgan fingerprint density at radius 2 is 0.551 bits per heavy atom. The topological polar surface area (TPSA) is 108 Å². The summed E-state index contributed by atoms with van der Waals surface area (Å²) in [6, 6.07) is 0. The van der Waals surface area contributed by atoms with E-state index in [2.05, 4.69) is 184 Å². The molecule has 0 rings (SSSR count). The fourth-order valence-electron chi connectivity index (χ4n) is 10.7. The van der Waals surface area contributed by atoms with Gasteiger partial charge in [-0.05, 0) is 128 Å². The van der Waals surface area contributed by atoms with Crippen LogP contribution >= 0.6 is 7.82 Å². The number of rotatable bonds is 72. The molecule has 0 aliphatic rings. The van der Waals surface area contributed by atoms with E-state index < -0.39 is 26.5 Å². The zero-order chi connectivity index (χ0) is 71.1. The molecule has 0 aromatic rings. The normalized spacial score (nSPS) is 14.0. The molecule has 0 saturated heterocycles. The molecule has 0 fully saturated rings. The summed E-state index contributed by atoms with van der Waals surface area (Å²) >= 11 is 0. The fourth-order valence-corrected chi connectivity index (χ4v) is 11.5. The Kier molecular flexibility index (Phi) is 72.9. The van der Waals surface area contributed by atoms with Gasteiger partial charge in [-0.15, -0.1) is 0 Å². The van der Waals surface area contributed by atoms with Crippen LogP contribution in [0.3, 0.4) is 0 Å². The van der Waals surface area contributed by atoms with Gasteiger partial charge in [-0.2, -0.15) is 0 Å². The van der Waals surface area contributed by atoms with E-state index in [0.717, 1.165) is 135 Å². The van der Waals surface area contributed by atoms with E-state index in [-0.39, 0.29) is 32.0 Å². The third-order valence-electron chi connectivity index (χ3n) is 16.7. The van der Waals surface area contributed by atoms with Crippen LogP contribution in [0.15, 0.2) is 170 Å². The molecule has 1 N–H and O–H groups in total. The zero-order valence-corrected chi connectivity index (χ0v) is 64.6. The zero-order valence-electron chi connectivity index (χ0n) is 63.7. The van der Waals surface area contributed by atoms with Gasteiger partial charge in [0.1, 0.15) is 19.8 Å². The van der Waals surface area contributed by atoms with Crippen LogP contribution in [0.2, 0.25) is 0 Å². The molecule has 9 nitrogen and oxygen atoms in total. The van der Waals surface area contributed by atoms with Crippen LogP contribution in [0.4, 0.5) is 0 Å². The predicted molar refractivity (Wildman–Crippen MR) is 426 cm³/mol. The van der Waals surface area contributed by atoms with Crippen molar-refractivity contribution >= 4 is 19.8 Å². The highest BCUT2D eigenvalue weighted by molar-refractivity contribution is 7.47. The summed E-state index contributed by atoms with van der Waals surface area (Å²) in [6.45, 7) is 4.19. The molecule has 558 valence electrons. The molecule has 2 atom stereocenters. The number of phosphoric acid groups is 1. The number of likely N-dealkylation sites (N-methyl/N-ethyl adjacent to an activating group) is 1. The number of allylic oxidation sites excluding steroid dienone is 28. The summed E-state index contributed by atoms with van der Waals surface area (Å²) < 4.78 is 34.8. The number of nitrogens with zero attached hydrogens (tertiary/aromatic N) is 1. The Hall–Kier alpha value is -4.63. The number of quaternary nitrogens is 1. The Morgan fingerprint density at radius 1 is 0.316 bits per heavy atom. The molecular formula is C88H149NO8P+. The van der Waals surface area contributed by atoms with Crippen molar-refractivity contribution < 1.29 is 42.1 Å². The molecular weight excluding hydrogens is 1230 g/mol. The van der Waals surface area contributed by atoms with Gasteiger partial charge in [-0.25, -0.2) is 4.57 Å². The van der Waals surface area contributed by atoms with Crippen molar-refractivity contribution in [3.05, 3.63) is 170 Å². The van der Waals surface area contributed by atoms with E-state index in [1.165, 1.54) is 154 Å². The minimum Gasteiger partial charge on any atom is -0.462 e. The average Bonchev–Trinajstić information content (AvgIpc) is 1.08. The minimum absolute atomic E-state index is 0.0196. The highest BCUT2D eigenvalue weighted by Gasteiger charge is 2.27. The first-order valence-electron chi connectivity index (χ1n) is 39.9. The Morgan fingerprint density at radius 3 is 0.816 bits per heavy atom. The molecule has 0 bridgehead atoms. The van der Waals surface area contributed by atoms with Crippen molar-refractivity contribution in [2.75, 3.05) is 47.5 Å². The summed E-state index contributed by atoms with van der Waals surface area (Å²) in [6.07, 6.45) is 116. The van der Waals surface area contributed by atoms with E-state index in [4.69, 9.17) is 18.5 Å². The Labute approximate surface area is 604 Å². The van der Waals surface area contributed by atoms with Crippen LogP contribution in [0.25, 0.3) is 0 Å². The molecule has 0 radical (unpaired) electrons. The van der Waals surface area contributed by atoms with Gasteiger partial charge in [-0.1, -0.05) is 351 Å². The first kappa shape index (κ1) is 93.4. The van der Waals surface area contributed by atoms with Crippen LogP contribution in [0.1, 0.15) is 322 Å². The van der Waals surface area contributed by atoms with Gasteiger partial charge in [0.2, 0.25) is 0 Å². The van der Waals surface area contributed by atoms with Crippen LogP contribution in [-0.4, -0.2) is 74.9 Å². The molecule has 0 amide bonds. The first-order valence-corrected chi connectivity index (χ1v) is 41.4. The molecule has 2 unspecified atom stereocenters. The van der Waals surface area contributed by atoms with Crippen molar-refractivity contribution in [1.29, 1.82) is 0 Å². The second kappa shape index (κ2) is 76.5. The summed E-state index contributed by atoms with van der Waals surface area (Å²) in [5, 5.41) is 0. The molecule has 0 aliphatic carbocycles.